The van der Waals surface area contributed by atoms with Crippen molar-refractivity contribution in [3.05, 3.63) is 71.3 Å². The number of benzene rings is 2. The first kappa shape index (κ1) is 16.5. The molecule has 0 fully saturated rings. The molecule has 0 amide bonds. The van der Waals surface area contributed by atoms with Crippen molar-refractivity contribution >= 4 is 12.2 Å². The van der Waals surface area contributed by atoms with Crippen molar-refractivity contribution in [3.8, 4) is 0 Å². The van der Waals surface area contributed by atoms with E-state index >= 15 is 0 Å². The van der Waals surface area contributed by atoms with Gasteiger partial charge in [-0.25, -0.2) is 0 Å². The molecule has 0 radical (unpaired) electrons. The lowest BCUT2D eigenvalue weighted by Gasteiger charge is -2.20. The van der Waals surface area contributed by atoms with Crippen molar-refractivity contribution in [2.24, 2.45) is 0 Å². The van der Waals surface area contributed by atoms with E-state index in [1.807, 2.05) is 6.07 Å². The van der Waals surface area contributed by atoms with Crippen molar-refractivity contribution < 1.29 is 0 Å². The number of hydrogen-bond donors (Lipinski definition) is 0. The van der Waals surface area contributed by atoms with Gasteiger partial charge in [0, 0.05) is 6.54 Å². The lowest BCUT2D eigenvalue weighted by Crippen LogP contribution is -2.24. The van der Waals surface area contributed by atoms with Gasteiger partial charge in [0.15, 0.2) is 0 Å². The minimum absolute atomic E-state index is 1.06. The molecule has 0 unspecified atom stereocenters. The van der Waals surface area contributed by atoms with Crippen molar-refractivity contribution in [1.82, 2.24) is 4.90 Å². The van der Waals surface area contributed by atoms with Crippen LogP contribution in [0, 0.1) is 0 Å². The second-order valence-electron chi connectivity index (χ2n) is 5.76. The average molecular weight is 293 g/mol. The summed E-state index contributed by atoms with van der Waals surface area (Å²) in [5, 5.41) is 0. The fraction of sp³-hybridized carbons (Fsp3) is 0.333. The fourth-order valence-corrected chi connectivity index (χ4v) is 2.65. The summed E-state index contributed by atoms with van der Waals surface area (Å²) in [7, 11) is 0. The SMILES string of the molecule is CCCN(CCC)Cc1ccc(/C=C\c2ccccc2)cc1. The third-order valence-corrected chi connectivity index (χ3v) is 3.73. The molecule has 0 saturated heterocycles. The number of rotatable bonds is 8. The first-order valence-corrected chi connectivity index (χ1v) is 8.36. The van der Waals surface area contributed by atoms with Gasteiger partial charge in [0.05, 0.1) is 0 Å². The van der Waals surface area contributed by atoms with E-state index in [0.717, 1.165) is 6.54 Å². The van der Waals surface area contributed by atoms with Crippen LogP contribution in [-0.4, -0.2) is 18.0 Å². The van der Waals surface area contributed by atoms with E-state index in [1.54, 1.807) is 0 Å². The van der Waals surface area contributed by atoms with Gasteiger partial charge in [-0.1, -0.05) is 80.6 Å². The van der Waals surface area contributed by atoms with Crippen LogP contribution in [0.15, 0.2) is 54.6 Å². The molecule has 1 nitrogen and oxygen atoms in total. The topological polar surface area (TPSA) is 3.24 Å². The number of nitrogens with zero attached hydrogens (tertiary/aromatic N) is 1. The molecule has 2 aromatic rings. The summed E-state index contributed by atoms with van der Waals surface area (Å²) in [5.74, 6) is 0. The molecule has 2 rings (SSSR count). The highest BCUT2D eigenvalue weighted by Crippen LogP contribution is 2.12. The van der Waals surface area contributed by atoms with Gasteiger partial charge in [0.25, 0.3) is 0 Å². The first-order chi connectivity index (χ1) is 10.8. The summed E-state index contributed by atoms with van der Waals surface area (Å²) < 4.78 is 0. The van der Waals surface area contributed by atoms with E-state index in [0.29, 0.717) is 0 Å². The van der Waals surface area contributed by atoms with Gasteiger partial charge < -0.3 is 0 Å². The van der Waals surface area contributed by atoms with E-state index < -0.39 is 0 Å². The second kappa shape index (κ2) is 9.22. The average Bonchev–Trinajstić information content (AvgIpc) is 2.56. The summed E-state index contributed by atoms with van der Waals surface area (Å²) in [5.41, 5.74) is 3.90. The molecule has 22 heavy (non-hydrogen) atoms. The van der Waals surface area contributed by atoms with Gasteiger partial charge in [-0.15, -0.1) is 0 Å². The molecule has 0 bridgehead atoms. The Bertz CT molecular complexity index is 548. The van der Waals surface area contributed by atoms with Crippen LogP contribution in [0.25, 0.3) is 12.2 Å². The predicted octanol–water partition coefficient (Wildman–Crippen LogP) is 5.48. The quantitative estimate of drug-likeness (QED) is 0.583. The van der Waals surface area contributed by atoms with Crippen LogP contribution in [0.2, 0.25) is 0 Å². The maximum absolute atomic E-state index is 2.54. The standard InChI is InChI=1S/C21H27N/c1-3-16-22(17-4-2)18-21-14-12-20(13-15-21)11-10-19-8-6-5-7-9-19/h5-15H,3-4,16-18H2,1-2H3/b11-10-. The Morgan fingerprint density at radius 2 is 1.27 bits per heavy atom. The summed E-state index contributed by atoms with van der Waals surface area (Å²) in [6, 6.07) is 19.4. The molecule has 0 heterocycles. The zero-order valence-electron chi connectivity index (χ0n) is 13.8. The third-order valence-electron chi connectivity index (χ3n) is 3.73. The largest absolute Gasteiger partial charge is 0.299 e. The molecule has 116 valence electrons. The molecular formula is C21H27N. The molecule has 0 aromatic heterocycles. The molecule has 2 aromatic carbocycles. The van der Waals surface area contributed by atoms with Crippen molar-refractivity contribution in [2.75, 3.05) is 13.1 Å². The summed E-state index contributed by atoms with van der Waals surface area (Å²) in [6.07, 6.45) is 6.78. The summed E-state index contributed by atoms with van der Waals surface area (Å²) in [6.45, 7) is 7.93. The van der Waals surface area contributed by atoms with Gasteiger partial charge in [0.1, 0.15) is 0 Å². The van der Waals surface area contributed by atoms with Crippen LogP contribution in [0.3, 0.4) is 0 Å². The van der Waals surface area contributed by atoms with Crippen molar-refractivity contribution in [3.63, 3.8) is 0 Å². The van der Waals surface area contributed by atoms with Crippen LogP contribution in [0.4, 0.5) is 0 Å². The summed E-state index contributed by atoms with van der Waals surface area (Å²) in [4.78, 5) is 2.54. The molecule has 0 aliphatic heterocycles. The maximum Gasteiger partial charge on any atom is 0.0233 e. The Morgan fingerprint density at radius 1 is 0.727 bits per heavy atom. The molecule has 0 spiro atoms. The van der Waals surface area contributed by atoms with E-state index in [1.165, 1.54) is 42.6 Å². The van der Waals surface area contributed by atoms with Gasteiger partial charge >= 0.3 is 0 Å². The van der Waals surface area contributed by atoms with Crippen LogP contribution < -0.4 is 0 Å². The van der Waals surface area contributed by atoms with Crippen molar-refractivity contribution in [2.45, 2.75) is 33.2 Å². The van der Waals surface area contributed by atoms with E-state index in [4.69, 9.17) is 0 Å². The molecule has 0 atom stereocenters. The predicted molar refractivity (Wildman–Crippen MR) is 97.7 cm³/mol. The minimum Gasteiger partial charge on any atom is -0.299 e. The fourth-order valence-electron chi connectivity index (χ4n) is 2.65. The second-order valence-corrected chi connectivity index (χ2v) is 5.76. The highest BCUT2D eigenvalue weighted by Gasteiger charge is 2.03. The zero-order chi connectivity index (χ0) is 15.6. The Morgan fingerprint density at radius 3 is 1.82 bits per heavy atom. The van der Waals surface area contributed by atoms with E-state index in [2.05, 4.69) is 79.4 Å². The van der Waals surface area contributed by atoms with Gasteiger partial charge in [-0.2, -0.15) is 0 Å². The van der Waals surface area contributed by atoms with Crippen LogP contribution >= 0.6 is 0 Å². The van der Waals surface area contributed by atoms with E-state index in [9.17, 15) is 0 Å². The zero-order valence-corrected chi connectivity index (χ0v) is 13.8. The van der Waals surface area contributed by atoms with Crippen LogP contribution in [0.5, 0.6) is 0 Å². The first-order valence-electron chi connectivity index (χ1n) is 8.36. The Kier molecular flexibility index (Phi) is 6.92. The molecule has 0 aliphatic carbocycles. The van der Waals surface area contributed by atoms with Gasteiger partial charge in [-0.05, 0) is 42.6 Å². The maximum atomic E-state index is 2.54. The van der Waals surface area contributed by atoms with Crippen LogP contribution in [0.1, 0.15) is 43.4 Å². The Balaban J connectivity index is 1.96. The Hall–Kier alpha value is -1.86. The van der Waals surface area contributed by atoms with Gasteiger partial charge in [-0.3, -0.25) is 4.90 Å². The lowest BCUT2D eigenvalue weighted by atomic mass is 10.1. The number of hydrogen-bond acceptors (Lipinski definition) is 1. The molecule has 0 saturated carbocycles. The highest BCUT2D eigenvalue weighted by molar-refractivity contribution is 5.69. The van der Waals surface area contributed by atoms with Crippen molar-refractivity contribution in [1.29, 1.82) is 0 Å². The van der Waals surface area contributed by atoms with Gasteiger partial charge in [0.2, 0.25) is 0 Å². The summed E-state index contributed by atoms with van der Waals surface area (Å²) >= 11 is 0. The van der Waals surface area contributed by atoms with E-state index in [-0.39, 0.29) is 0 Å². The highest BCUT2D eigenvalue weighted by atomic mass is 15.1. The molecule has 0 aliphatic rings. The normalized spacial score (nSPS) is 11.4. The minimum atomic E-state index is 1.06. The smallest absolute Gasteiger partial charge is 0.0233 e. The lowest BCUT2D eigenvalue weighted by molar-refractivity contribution is 0.266. The monoisotopic (exact) mass is 293 g/mol. The molecular weight excluding hydrogens is 266 g/mol. The molecule has 0 N–H and O–H groups in total. The Labute approximate surface area is 135 Å². The van der Waals surface area contributed by atoms with Crippen LogP contribution in [-0.2, 0) is 6.54 Å². The molecule has 1 heteroatoms. The third kappa shape index (κ3) is 5.50.